The van der Waals surface area contributed by atoms with Crippen LogP contribution in [-0.2, 0) is 14.2 Å². The standard InChI is InChI=1S/C17H29NO4/c1-6-7-8-9-14-12-15(21-13-20-5)10-11-18(14)16(19)22-17(2,3)4/h6-9,14-15H,10-13H2,1-5H3/b7-6+,9-8+/t14-,15+/m0/s1. The molecule has 1 fully saturated rings. The number of piperidine rings is 1. The fourth-order valence-electron chi connectivity index (χ4n) is 2.31. The maximum atomic E-state index is 12.4. The van der Waals surface area contributed by atoms with Gasteiger partial charge in [-0.2, -0.15) is 0 Å². The number of amides is 1. The SMILES string of the molecule is C/C=C/C=C/[C@H]1C[C@H](OCOC)CCN1C(=O)OC(C)(C)C. The highest BCUT2D eigenvalue weighted by Gasteiger charge is 2.33. The van der Waals surface area contributed by atoms with Crippen molar-refractivity contribution in [2.24, 2.45) is 0 Å². The van der Waals surface area contributed by atoms with Crippen LogP contribution in [-0.4, -0.2) is 49.2 Å². The van der Waals surface area contributed by atoms with E-state index in [1.807, 2.05) is 52.0 Å². The molecule has 22 heavy (non-hydrogen) atoms. The predicted molar refractivity (Wildman–Crippen MR) is 86.7 cm³/mol. The molecule has 126 valence electrons. The second kappa shape index (κ2) is 8.96. The fraction of sp³-hybridized carbons (Fsp3) is 0.706. The number of ether oxygens (including phenoxy) is 3. The maximum Gasteiger partial charge on any atom is 0.410 e. The third-order valence-corrected chi connectivity index (χ3v) is 3.28. The van der Waals surface area contributed by atoms with Gasteiger partial charge in [0.2, 0.25) is 0 Å². The zero-order valence-electron chi connectivity index (χ0n) is 14.4. The third-order valence-electron chi connectivity index (χ3n) is 3.28. The van der Waals surface area contributed by atoms with Gasteiger partial charge in [-0.15, -0.1) is 0 Å². The summed E-state index contributed by atoms with van der Waals surface area (Å²) in [6, 6.07) is -0.0262. The summed E-state index contributed by atoms with van der Waals surface area (Å²) in [5.41, 5.74) is -0.488. The van der Waals surface area contributed by atoms with Gasteiger partial charge in [0.05, 0.1) is 12.1 Å². The van der Waals surface area contributed by atoms with Crippen LogP contribution in [0.1, 0.15) is 40.5 Å². The highest BCUT2D eigenvalue weighted by molar-refractivity contribution is 5.69. The number of carbonyl (C=O) groups is 1. The van der Waals surface area contributed by atoms with Crippen LogP contribution in [0.5, 0.6) is 0 Å². The van der Waals surface area contributed by atoms with Gasteiger partial charge in [0.15, 0.2) is 0 Å². The van der Waals surface area contributed by atoms with Gasteiger partial charge in [-0.05, 0) is 40.5 Å². The summed E-state index contributed by atoms with van der Waals surface area (Å²) in [7, 11) is 1.61. The van der Waals surface area contributed by atoms with E-state index in [-0.39, 0.29) is 25.0 Å². The first-order valence-corrected chi connectivity index (χ1v) is 7.77. The molecule has 1 amide bonds. The quantitative estimate of drug-likeness (QED) is 0.576. The molecule has 5 heteroatoms. The predicted octanol–water partition coefficient (Wildman–Crippen LogP) is 3.51. The van der Waals surface area contributed by atoms with Crippen LogP contribution in [0.3, 0.4) is 0 Å². The second-order valence-corrected chi connectivity index (χ2v) is 6.37. The zero-order chi connectivity index (χ0) is 16.6. The second-order valence-electron chi connectivity index (χ2n) is 6.37. The molecule has 0 spiro atoms. The number of hydrogen-bond donors (Lipinski definition) is 0. The minimum Gasteiger partial charge on any atom is -0.444 e. The van der Waals surface area contributed by atoms with Gasteiger partial charge in [0, 0.05) is 13.7 Å². The highest BCUT2D eigenvalue weighted by atomic mass is 16.7. The van der Waals surface area contributed by atoms with E-state index in [1.165, 1.54) is 0 Å². The summed E-state index contributed by atoms with van der Waals surface area (Å²) in [5, 5.41) is 0. The van der Waals surface area contributed by atoms with E-state index in [0.717, 1.165) is 12.8 Å². The smallest absolute Gasteiger partial charge is 0.410 e. The summed E-state index contributed by atoms with van der Waals surface area (Å²) in [6.45, 7) is 8.50. The largest absolute Gasteiger partial charge is 0.444 e. The summed E-state index contributed by atoms with van der Waals surface area (Å²) in [5.74, 6) is 0. The Kier molecular flexibility index (Phi) is 7.62. The van der Waals surface area contributed by atoms with Crippen molar-refractivity contribution in [3.05, 3.63) is 24.3 Å². The van der Waals surface area contributed by atoms with Crippen LogP contribution < -0.4 is 0 Å². The average Bonchev–Trinajstić information content (AvgIpc) is 2.43. The lowest BCUT2D eigenvalue weighted by Gasteiger charge is -2.38. The molecule has 0 aromatic rings. The van der Waals surface area contributed by atoms with Crippen LogP contribution in [0.4, 0.5) is 4.79 Å². The van der Waals surface area contributed by atoms with Gasteiger partial charge in [-0.25, -0.2) is 4.79 Å². The topological polar surface area (TPSA) is 48.0 Å². The van der Waals surface area contributed by atoms with Gasteiger partial charge in [-0.1, -0.05) is 24.3 Å². The number of likely N-dealkylation sites (tertiary alicyclic amines) is 1. The molecule has 0 aromatic carbocycles. The zero-order valence-corrected chi connectivity index (χ0v) is 14.4. The van der Waals surface area contributed by atoms with Crippen LogP contribution >= 0.6 is 0 Å². The Morgan fingerprint density at radius 1 is 1.32 bits per heavy atom. The van der Waals surface area contributed by atoms with Crippen molar-refractivity contribution in [1.29, 1.82) is 0 Å². The van der Waals surface area contributed by atoms with Gasteiger partial charge in [0.25, 0.3) is 0 Å². The molecular formula is C17H29NO4. The Balaban J connectivity index is 2.74. The summed E-state index contributed by atoms with van der Waals surface area (Å²) in [4.78, 5) is 14.1. The number of nitrogens with zero attached hydrogens (tertiary/aromatic N) is 1. The monoisotopic (exact) mass is 311 g/mol. The van der Waals surface area contributed by atoms with E-state index in [4.69, 9.17) is 14.2 Å². The summed E-state index contributed by atoms with van der Waals surface area (Å²) < 4.78 is 16.1. The van der Waals surface area contributed by atoms with Crippen molar-refractivity contribution >= 4 is 6.09 Å². The van der Waals surface area contributed by atoms with E-state index in [1.54, 1.807) is 12.0 Å². The Bertz CT molecular complexity index is 398. The Hall–Kier alpha value is -1.33. The number of methoxy groups -OCH3 is 1. The van der Waals surface area contributed by atoms with Crippen LogP contribution in [0.2, 0.25) is 0 Å². The minimum absolute atomic E-state index is 0.0262. The number of allylic oxidation sites excluding steroid dienone is 3. The summed E-state index contributed by atoms with van der Waals surface area (Å²) in [6.07, 6.45) is 9.25. The van der Waals surface area contributed by atoms with Crippen molar-refractivity contribution in [1.82, 2.24) is 4.90 Å². The number of rotatable bonds is 5. The van der Waals surface area contributed by atoms with Gasteiger partial charge >= 0.3 is 6.09 Å². The van der Waals surface area contributed by atoms with Gasteiger partial charge in [0.1, 0.15) is 12.4 Å². The van der Waals surface area contributed by atoms with E-state index < -0.39 is 5.60 Å². The molecule has 0 radical (unpaired) electrons. The highest BCUT2D eigenvalue weighted by Crippen LogP contribution is 2.23. The molecule has 5 nitrogen and oxygen atoms in total. The lowest BCUT2D eigenvalue weighted by Crippen LogP contribution is -2.49. The van der Waals surface area contributed by atoms with E-state index in [2.05, 4.69) is 0 Å². The molecule has 1 rings (SSSR count). The molecule has 0 saturated carbocycles. The molecule has 0 N–H and O–H groups in total. The van der Waals surface area contributed by atoms with E-state index in [0.29, 0.717) is 6.54 Å². The molecule has 0 aromatic heterocycles. The lowest BCUT2D eigenvalue weighted by molar-refractivity contribution is -0.0938. The van der Waals surface area contributed by atoms with E-state index >= 15 is 0 Å². The average molecular weight is 311 g/mol. The summed E-state index contributed by atoms with van der Waals surface area (Å²) >= 11 is 0. The fourth-order valence-corrected chi connectivity index (χ4v) is 2.31. The van der Waals surface area contributed by atoms with Crippen molar-refractivity contribution < 1.29 is 19.0 Å². The van der Waals surface area contributed by atoms with Crippen molar-refractivity contribution in [2.75, 3.05) is 20.4 Å². The molecule has 1 saturated heterocycles. The molecule has 1 heterocycles. The Morgan fingerprint density at radius 2 is 2.05 bits per heavy atom. The Labute approximate surface area is 133 Å². The first kappa shape index (κ1) is 18.7. The molecule has 1 aliphatic rings. The molecule has 2 atom stereocenters. The molecular weight excluding hydrogens is 282 g/mol. The van der Waals surface area contributed by atoms with Crippen molar-refractivity contribution in [2.45, 2.75) is 58.3 Å². The normalized spacial score (nSPS) is 23.4. The van der Waals surface area contributed by atoms with Crippen LogP contribution in [0, 0.1) is 0 Å². The molecule has 1 aliphatic heterocycles. The lowest BCUT2D eigenvalue weighted by atomic mass is 9.99. The van der Waals surface area contributed by atoms with Gasteiger partial charge < -0.3 is 19.1 Å². The molecule has 0 unspecified atom stereocenters. The van der Waals surface area contributed by atoms with Crippen LogP contribution in [0.15, 0.2) is 24.3 Å². The minimum atomic E-state index is -0.488. The van der Waals surface area contributed by atoms with Crippen LogP contribution in [0.25, 0.3) is 0 Å². The maximum absolute atomic E-state index is 12.4. The first-order chi connectivity index (χ1) is 10.4. The first-order valence-electron chi connectivity index (χ1n) is 7.77. The number of carbonyl (C=O) groups excluding carboxylic acids is 1. The van der Waals surface area contributed by atoms with E-state index in [9.17, 15) is 4.79 Å². The van der Waals surface area contributed by atoms with Crippen molar-refractivity contribution in [3.63, 3.8) is 0 Å². The van der Waals surface area contributed by atoms with Gasteiger partial charge in [-0.3, -0.25) is 0 Å². The molecule has 0 aliphatic carbocycles. The molecule has 0 bridgehead atoms. The number of hydrogen-bond acceptors (Lipinski definition) is 4. The van der Waals surface area contributed by atoms with Crippen molar-refractivity contribution in [3.8, 4) is 0 Å². The Morgan fingerprint density at radius 3 is 2.64 bits per heavy atom. The third kappa shape index (κ3) is 6.62.